The highest BCUT2D eigenvalue weighted by molar-refractivity contribution is 8.00. The van der Waals surface area contributed by atoms with Gasteiger partial charge in [0.2, 0.25) is 11.8 Å². The SMILES string of the molecule is O=C(CSc1ccccc1)N[C@@H]1C(=O)N2C(C(=O)O)=C(/C=C3\CCN(Cc4cccc(O)c4)C3=O)CS[C@H]12. The molecule has 3 aliphatic rings. The van der Waals surface area contributed by atoms with Gasteiger partial charge in [-0.15, -0.1) is 23.5 Å². The van der Waals surface area contributed by atoms with E-state index in [9.17, 15) is 29.4 Å². The van der Waals surface area contributed by atoms with Gasteiger partial charge in [0.1, 0.15) is 22.9 Å². The minimum atomic E-state index is -1.25. The minimum absolute atomic E-state index is 0.124. The van der Waals surface area contributed by atoms with Crippen LogP contribution in [0.1, 0.15) is 12.0 Å². The molecule has 0 spiro atoms. The molecule has 196 valence electrons. The number of thioether (sulfide) groups is 2. The first-order chi connectivity index (χ1) is 18.3. The van der Waals surface area contributed by atoms with Crippen LogP contribution >= 0.6 is 23.5 Å². The zero-order valence-corrected chi connectivity index (χ0v) is 21.8. The maximum atomic E-state index is 13.0. The molecule has 0 aromatic heterocycles. The van der Waals surface area contributed by atoms with Crippen molar-refractivity contribution in [2.24, 2.45) is 0 Å². The molecule has 2 atom stereocenters. The predicted octanol–water partition coefficient (Wildman–Crippen LogP) is 2.58. The van der Waals surface area contributed by atoms with E-state index in [1.54, 1.807) is 29.2 Å². The first-order valence-corrected chi connectivity index (χ1v) is 14.0. The molecule has 0 radical (unpaired) electrons. The number of nitrogens with zero attached hydrogens (tertiary/aromatic N) is 2. The normalized spacial score (nSPS) is 21.9. The lowest BCUT2D eigenvalue weighted by Crippen LogP contribution is -2.70. The number of benzene rings is 2. The van der Waals surface area contributed by atoms with Crippen LogP contribution in [0, 0.1) is 0 Å². The van der Waals surface area contributed by atoms with Crippen molar-refractivity contribution >= 4 is 47.2 Å². The maximum absolute atomic E-state index is 13.0. The van der Waals surface area contributed by atoms with Crippen LogP contribution < -0.4 is 5.32 Å². The maximum Gasteiger partial charge on any atom is 0.352 e. The van der Waals surface area contributed by atoms with Gasteiger partial charge in [0.15, 0.2) is 0 Å². The summed E-state index contributed by atoms with van der Waals surface area (Å²) < 4.78 is 0. The van der Waals surface area contributed by atoms with Crippen LogP contribution in [0.2, 0.25) is 0 Å². The lowest BCUT2D eigenvalue weighted by Gasteiger charge is -2.49. The number of hydrogen-bond donors (Lipinski definition) is 3. The Morgan fingerprint density at radius 3 is 2.66 bits per heavy atom. The first-order valence-electron chi connectivity index (χ1n) is 12.0. The average Bonchev–Trinajstić information content (AvgIpc) is 3.24. The standard InChI is InChI=1S/C27H25N3O6S2/c31-19-6-4-5-16(11-19)13-29-10-9-17(24(29)33)12-18-14-38-26-22(25(34)30(26)23(18)27(35)36)28-21(32)15-37-20-7-2-1-3-8-20/h1-8,11-12,22,26,31H,9-10,13-15H2,(H,28,32)(H,35,36)/b17-12+/t22-,26-/m1/s1. The Morgan fingerprint density at radius 1 is 1.13 bits per heavy atom. The Morgan fingerprint density at radius 2 is 1.92 bits per heavy atom. The second kappa shape index (κ2) is 11.0. The third-order valence-corrected chi connectivity index (χ3v) is 8.79. The summed E-state index contributed by atoms with van der Waals surface area (Å²) in [5, 5.41) is 21.9. The van der Waals surface area contributed by atoms with Crippen LogP contribution in [0.4, 0.5) is 0 Å². The smallest absolute Gasteiger partial charge is 0.352 e. The number of carboxylic acid groups (broad SMARTS) is 1. The summed E-state index contributed by atoms with van der Waals surface area (Å²) in [7, 11) is 0. The zero-order chi connectivity index (χ0) is 26.8. The van der Waals surface area contributed by atoms with E-state index in [0.717, 1.165) is 10.5 Å². The van der Waals surface area contributed by atoms with E-state index in [4.69, 9.17) is 0 Å². The van der Waals surface area contributed by atoms with Gasteiger partial charge in [0, 0.05) is 29.3 Å². The van der Waals surface area contributed by atoms with Crippen molar-refractivity contribution < 1.29 is 29.4 Å². The number of amides is 3. The summed E-state index contributed by atoms with van der Waals surface area (Å²) in [6, 6.07) is 15.3. The van der Waals surface area contributed by atoms with Crippen molar-refractivity contribution in [3.63, 3.8) is 0 Å². The molecule has 11 heteroatoms. The number of phenols is 1. The van der Waals surface area contributed by atoms with Crippen molar-refractivity contribution in [1.82, 2.24) is 15.1 Å². The van der Waals surface area contributed by atoms with Crippen LogP contribution in [-0.4, -0.2) is 73.2 Å². The molecule has 38 heavy (non-hydrogen) atoms. The lowest BCUT2D eigenvalue weighted by atomic mass is 10.0. The Kier molecular flexibility index (Phi) is 7.48. The van der Waals surface area contributed by atoms with E-state index in [-0.39, 0.29) is 29.0 Å². The fraction of sp³-hybridized carbons (Fsp3) is 0.259. The highest BCUT2D eigenvalue weighted by atomic mass is 32.2. The number of fused-ring (bicyclic) bond motifs is 1. The molecule has 3 N–H and O–H groups in total. The molecule has 3 amide bonds. The van der Waals surface area contributed by atoms with Crippen LogP contribution in [0.25, 0.3) is 0 Å². The molecule has 0 aliphatic carbocycles. The van der Waals surface area contributed by atoms with Gasteiger partial charge >= 0.3 is 5.97 Å². The number of phenolic OH excluding ortho intramolecular Hbond substituents is 1. The Bertz CT molecular complexity index is 1360. The summed E-state index contributed by atoms with van der Waals surface area (Å²) in [5.41, 5.74) is 1.53. The Balaban J connectivity index is 1.26. The number of rotatable bonds is 8. The van der Waals surface area contributed by atoms with Gasteiger partial charge in [0.25, 0.3) is 5.91 Å². The van der Waals surface area contributed by atoms with Gasteiger partial charge in [-0.25, -0.2) is 4.79 Å². The van der Waals surface area contributed by atoms with Gasteiger partial charge in [0.05, 0.1) is 5.75 Å². The first kappa shape index (κ1) is 25.9. The third-order valence-electron chi connectivity index (χ3n) is 6.48. The topological polar surface area (TPSA) is 127 Å². The molecule has 0 unspecified atom stereocenters. The van der Waals surface area contributed by atoms with Crippen LogP contribution in [0.5, 0.6) is 5.75 Å². The van der Waals surface area contributed by atoms with E-state index < -0.39 is 23.3 Å². The van der Waals surface area contributed by atoms with Crippen molar-refractivity contribution in [2.45, 2.75) is 29.3 Å². The van der Waals surface area contributed by atoms with Crippen LogP contribution in [0.15, 0.2) is 82.4 Å². The third kappa shape index (κ3) is 5.30. The Hall–Kier alpha value is -3.70. The molecule has 0 bridgehead atoms. The summed E-state index contributed by atoms with van der Waals surface area (Å²) in [5.74, 6) is -1.66. The molecule has 0 saturated carbocycles. The number of nitrogens with one attached hydrogen (secondary N) is 1. The number of carbonyl (C=O) groups is 4. The number of carboxylic acids is 1. The van der Waals surface area contributed by atoms with Crippen molar-refractivity contribution in [1.29, 1.82) is 0 Å². The second-order valence-electron chi connectivity index (χ2n) is 9.05. The molecule has 3 aliphatic heterocycles. The number of allylic oxidation sites excluding steroid dienone is 1. The lowest BCUT2D eigenvalue weighted by molar-refractivity contribution is -0.150. The van der Waals surface area contributed by atoms with E-state index in [1.165, 1.54) is 28.4 Å². The number of β-lactam (4-membered cyclic amide) rings is 1. The Labute approximate surface area is 227 Å². The molecule has 2 saturated heterocycles. The van der Waals surface area contributed by atoms with Gasteiger partial charge in [-0.05, 0) is 47.9 Å². The van der Waals surface area contributed by atoms with Crippen molar-refractivity contribution in [3.05, 3.63) is 83.1 Å². The molecule has 2 aromatic rings. The predicted molar refractivity (Wildman–Crippen MR) is 143 cm³/mol. The quantitative estimate of drug-likeness (QED) is 0.260. The van der Waals surface area contributed by atoms with Crippen molar-refractivity contribution in [2.75, 3.05) is 18.1 Å². The molecule has 5 rings (SSSR count). The van der Waals surface area contributed by atoms with Gasteiger partial charge < -0.3 is 20.4 Å². The largest absolute Gasteiger partial charge is 0.508 e. The number of hydrogen-bond acceptors (Lipinski definition) is 7. The van der Waals surface area contributed by atoms with Gasteiger partial charge in [-0.2, -0.15) is 0 Å². The highest BCUT2D eigenvalue weighted by Gasteiger charge is 2.54. The summed E-state index contributed by atoms with van der Waals surface area (Å²) >= 11 is 2.72. The van der Waals surface area contributed by atoms with E-state index in [2.05, 4.69) is 5.32 Å². The number of aromatic hydroxyl groups is 1. The monoisotopic (exact) mass is 551 g/mol. The molecule has 2 fully saturated rings. The van der Waals surface area contributed by atoms with Crippen LogP contribution in [0.3, 0.4) is 0 Å². The molecular formula is C27H25N3O6S2. The average molecular weight is 552 g/mol. The summed E-state index contributed by atoms with van der Waals surface area (Å²) in [6.07, 6.45) is 2.04. The molecular weight excluding hydrogens is 526 g/mol. The van der Waals surface area contributed by atoms with Gasteiger partial charge in [-0.3, -0.25) is 19.3 Å². The zero-order valence-electron chi connectivity index (χ0n) is 20.2. The highest BCUT2D eigenvalue weighted by Crippen LogP contribution is 2.41. The fourth-order valence-electron chi connectivity index (χ4n) is 4.67. The summed E-state index contributed by atoms with van der Waals surface area (Å²) in [4.78, 5) is 54.4. The fourth-order valence-corrected chi connectivity index (χ4v) is 6.71. The van der Waals surface area contributed by atoms with Crippen molar-refractivity contribution in [3.8, 4) is 5.75 Å². The van der Waals surface area contributed by atoms with E-state index >= 15 is 0 Å². The second-order valence-corrected chi connectivity index (χ2v) is 11.2. The number of carbonyl (C=O) groups excluding carboxylic acids is 3. The van der Waals surface area contributed by atoms with Gasteiger partial charge in [-0.1, -0.05) is 30.3 Å². The number of likely N-dealkylation sites (tertiary alicyclic amines) is 1. The summed E-state index contributed by atoms with van der Waals surface area (Å²) in [6.45, 7) is 0.810. The molecule has 9 nitrogen and oxygen atoms in total. The van der Waals surface area contributed by atoms with E-state index in [1.807, 2.05) is 36.4 Å². The van der Waals surface area contributed by atoms with Crippen LogP contribution in [-0.2, 0) is 25.7 Å². The molecule has 2 aromatic carbocycles. The molecule has 3 heterocycles. The minimum Gasteiger partial charge on any atom is -0.508 e. The van der Waals surface area contributed by atoms with E-state index in [0.29, 0.717) is 36.4 Å². The number of aliphatic carboxylic acids is 1.